The van der Waals surface area contributed by atoms with Gasteiger partial charge in [-0.25, -0.2) is 8.78 Å². The molecule has 11 heavy (non-hydrogen) atoms. The monoisotopic (exact) mass is 160 g/mol. The van der Waals surface area contributed by atoms with Crippen molar-refractivity contribution < 1.29 is 8.78 Å². The van der Waals surface area contributed by atoms with E-state index in [-0.39, 0.29) is 13.0 Å². The van der Waals surface area contributed by atoms with Gasteiger partial charge in [-0.2, -0.15) is 5.26 Å². The second-order valence-corrected chi connectivity index (χ2v) is 2.77. The molecule has 1 aliphatic rings. The SMILES string of the molecule is CCN1CC(F)(F)C[C@H]1C#N. The lowest BCUT2D eigenvalue weighted by Crippen LogP contribution is -2.29. The number of nitrogens with zero attached hydrogens (tertiary/aromatic N) is 2. The van der Waals surface area contributed by atoms with Crippen molar-refractivity contribution in [3.05, 3.63) is 0 Å². The van der Waals surface area contributed by atoms with Crippen molar-refractivity contribution in [2.24, 2.45) is 0 Å². The van der Waals surface area contributed by atoms with Gasteiger partial charge < -0.3 is 0 Å². The van der Waals surface area contributed by atoms with Crippen molar-refractivity contribution in [1.82, 2.24) is 4.90 Å². The van der Waals surface area contributed by atoms with Gasteiger partial charge in [0.15, 0.2) is 0 Å². The Labute approximate surface area is 64.4 Å². The third-order valence-electron chi connectivity index (χ3n) is 1.92. The number of rotatable bonds is 1. The fourth-order valence-corrected chi connectivity index (χ4v) is 1.34. The standard InChI is InChI=1S/C7H10F2N2/c1-2-11-5-7(8,9)3-6(11)4-10/h6H,2-3,5H2,1H3/t6-/m0/s1. The zero-order valence-electron chi connectivity index (χ0n) is 6.35. The summed E-state index contributed by atoms with van der Waals surface area (Å²) in [5.74, 6) is -2.66. The molecule has 0 aliphatic carbocycles. The first kappa shape index (κ1) is 8.41. The number of hydrogen-bond donors (Lipinski definition) is 0. The predicted molar refractivity (Wildman–Crippen MR) is 36.2 cm³/mol. The van der Waals surface area contributed by atoms with Crippen LogP contribution in [0, 0.1) is 11.3 Å². The van der Waals surface area contributed by atoms with E-state index in [2.05, 4.69) is 0 Å². The average molecular weight is 160 g/mol. The van der Waals surface area contributed by atoms with Gasteiger partial charge in [0.2, 0.25) is 0 Å². The van der Waals surface area contributed by atoms with E-state index in [1.54, 1.807) is 6.92 Å². The second kappa shape index (κ2) is 2.74. The van der Waals surface area contributed by atoms with Gasteiger partial charge in [0.1, 0.15) is 6.04 Å². The molecule has 1 heterocycles. The number of likely N-dealkylation sites (tertiary alicyclic amines) is 1. The van der Waals surface area contributed by atoms with Crippen molar-refractivity contribution >= 4 is 0 Å². The molecule has 0 unspecified atom stereocenters. The molecule has 0 aromatic heterocycles. The van der Waals surface area contributed by atoms with Crippen molar-refractivity contribution in [3.8, 4) is 6.07 Å². The van der Waals surface area contributed by atoms with E-state index in [0.29, 0.717) is 6.54 Å². The molecule has 0 radical (unpaired) electrons. The molecule has 62 valence electrons. The molecule has 2 nitrogen and oxygen atoms in total. The van der Waals surface area contributed by atoms with Crippen LogP contribution in [-0.4, -0.2) is 30.0 Å². The summed E-state index contributed by atoms with van der Waals surface area (Å²) in [5, 5.41) is 8.47. The van der Waals surface area contributed by atoms with Crippen LogP contribution in [0.3, 0.4) is 0 Å². The van der Waals surface area contributed by atoms with E-state index in [4.69, 9.17) is 5.26 Å². The normalized spacial score (nSPS) is 30.2. The molecule has 0 saturated carbocycles. The topological polar surface area (TPSA) is 27.0 Å². The molecule has 1 aliphatic heterocycles. The molecule has 0 N–H and O–H groups in total. The highest BCUT2D eigenvalue weighted by molar-refractivity contribution is 5.01. The summed E-state index contributed by atoms with van der Waals surface area (Å²) in [7, 11) is 0. The molecule has 1 saturated heterocycles. The van der Waals surface area contributed by atoms with Crippen LogP contribution < -0.4 is 0 Å². The van der Waals surface area contributed by atoms with Crippen molar-refractivity contribution in [1.29, 1.82) is 5.26 Å². The van der Waals surface area contributed by atoms with E-state index in [1.165, 1.54) is 4.90 Å². The smallest absolute Gasteiger partial charge is 0.263 e. The summed E-state index contributed by atoms with van der Waals surface area (Å²) in [4.78, 5) is 1.50. The van der Waals surface area contributed by atoms with Gasteiger partial charge in [-0.05, 0) is 6.54 Å². The summed E-state index contributed by atoms with van der Waals surface area (Å²) in [5.41, 5.74) is 0. The first-order chi connectivity index (χ1) is 5.09. The van der Waals surface area contributed by atoms with Gasteiger partial charge in [-0.15, -0.1) is 0 Å². The maximum atomic E-state index is 12.6. The van der Waals surface area contributed by atoms with Gasteiger partial charge >= 0.3 is 0 Å². The minimum absolute atomic E-state index is 0.262. The molecule has 1 rings (SSSR count). The van der Waals surface area contributed by atoms with Crippen LogP contribution in [0.2, 0.25) is 0 Å². The first-order valence-electron chi connectivity index (χ1n) is 3.60. The fourth-order valence-electron chi connectivity index (χ4n) is 1.34. The van der Waals surface area contributed by atoms with Crippen molar-refractivity contribution in [2.45, 2.75) is 25.3 Å². The molecular weight excluding hydrogens is 150 g/mol. The third kappa shape index (κ3) is 1.66. The van der Waals surface area contributed by atoms with Crippen molar-refractivity contribution in [2.75, 3.05) is 13.1 Å². The van der Waals surface area contributed by atoms with Crippen LogP contribution in [0.15, 0.2) is 0 Å². The van der Waals surface area contributed by atoms with E-state index in [0.717, 1.165) is 0 Å². The van der Waals surface area contributed by atoms with E-state index < -0.39 is 12.0 Å². The first-order valence-corrected chi connectivity index (χ1v) is 3.60. The maximum Gasteiger partial charge on any atom is 0.263 e. The highest BCUT2D eigenvalue weighted by Gasteiger charge is 2.44. The van der Waals surface area contributed by atoms with Crippen LogP contribution in [0.25, 0.3) is 0 Å². The summed E-state index contributed by atoms with van der Waals surface area (Å²) in [6, 6.07) is 1.28. The molecule has 0 aromatic carbocycles. The van der Waals surface area contributed by atoms with Crippen LogP contribution in [0.4, 0.5) is 8.78 Å². The zero-order valence-corrected chi connectivity index (χ0v) is 6.35. The lowest BCUT2D eigenvalue weighted by Gasteiger charge is -2.14. The minimum atomic E-state index is -2.66. The maximum absolute atomic E-state index is 12.6. The zero-order chi connectivity index (χ0) is 8.48. The lowest BCUT2D eigenvalue weighted by molar-refractivity contribution is 0.0126. The number of alkyl halides is 2. The summed E-state index contributed by atoms with van der Waals surface area (Å²) in [6.45, 7) is 2.04. The van der Waals surface area contributed by atoms with E-state index >= 15 is 0 Å². The highest BCUT2D eigenvalue weighted by Crippen LogP contribution is 2.30. The number of nitriles is 1. The average Bonchev–Trinajstić information content (AvgIpc) is 2.25. The van der Waals surface area contributed by atoms with Crippen LogP contribution >= 0.6 is 0 Å². The highest BCUT2D eigenvalue weighted by atomic mass is 19.3. The Balaban J connectivity index is 2.64. The molecule has 0 aromatic rings. The Hall–Kier alpha value is -0.690. The third-order valence-corrected chi connectivity index (χ3v) is 1.92. The summed E-state index contributed by atoms with van der Waals surface area (Å²) < 4.78 is 25.3. The lowest BCUT2D eigenvalue weighted by atomic mass is 10.2. The number of hydrogen-bond acceptors (Lipinski definition) is 2. The van der Waals surface area contributed by atoms with E-state index in [1.807, 2.05) is 6.07 Å². The molecule has 0 amide bonds. The van der Waals surface area contributed by atoms with Gasteiger partial charge in [0.25, 0.3) is 5.92 Å². The minimum Gasteiger partial charge on any atom is -0.282 e. The fraction of sp³-hybridized carbons (Fsp3) is 0.857. The van der Waals surface area contributed by atoms with Crippen LogP contribution in [0.1, 0.15) is 13.3 Å². The predicted octanol–water partition coefficient (Wildman–Crippen LogP) is 1.24. The Bertz CT molecular complexity index is 185. The van der Waals surface area contributed by atoms with E-state index in [9.17, 15) is 8.78 Å². The Morgan fingerprint density at radius 2 is 2.36 bits per heavy atom. The van der Waals surface area contributed by atoms with Gasteiger partial charge in [0, 0.05) is 6.42 Å². The Kier molecular flexibility index (Phi) is 2.10. The second-order valence-electron chi connectivity index (χ2n) is 2.77. The number of halogens is 2. The van der Waals surface area contributed by atoms with Crippen molar-refractivity contribution in [3.63, 3.8) is 0 Å². The molecular formula is C7H10F2N2. The van der Waals surface area contributed by atoms with Gasteiger partial charge in [-0.1, -0.05) is 6.92 Å². The van der Waals surface area contributed by atoms with Gasteiger partial charge in [-0.3, -0.25) is 4.90 Å². The molecule has 1 fully saturated rings. The summed E-state index contributed by atoms with van der Waals surface area (Å²) >= 11 is 0. The molecule has 4 heteroatoms. The molecule has 0 bridgehead atoms. The van der Waals surface area contributed by atoms with Gasteiger partial charge in [0.05, 0.1) is 12.6 Å². The largest absolute Gasteiger partial charge is 0.282 e. The Morgan fingerprint density at radius 1 is 1.73 bits per heavy atom. The van der Waals surface area contributed by atoms with Crippen LogP contribution in [-0.2, 0) is 0 Å². The molecule has 0 spiro atoms. The quantitative estimate of drug-likeness (QED) is 0.577. The Morgan fingerprint density at radius 3 is 2.73 bits per heavy atom. The molecule has 1 atom stereocenters. The van der Waals surface area contributed by atoms with Crippen LogP contribution in [0.5, 0.6) is 0 Å². The summed E-state index contributed by atoms with van der Waals surface area (Å²) in [6.07, 6.45) is -0.308.